The van der Waals surface area contributed by atoms with Gasteiger partial charge in [0.15, 0.2) is 23.4 Å². The van der Waals surface area contributed by atoms with Crippen LogP contribution >= 0.6 is 0 Å². The molecule has 2 aromatic rings. The summed E-state index contributed by atoms with van der Waals surface area (Å²) in [5, 5.41) is 7.83. The van der Waals surface area contributed by atoms with E-state index in [4.69, 9.17) is 4.74 Å². The fraction of sp³-hybridized carbons (Fsp3) is 0.263. The van der Waals surface area contributed by atoms with Crippen LogP contribution in [0.15, 0.2) is 41.4 Å². The van der Waals surface area contributed by atoms with Crippen LogP contribution in [0.4, 0.5) is 18.9 Å². The average molecular weight is 394 g/mol. The Morgan fingerprint density at radius 1 is 1.04 bits per heavy atom. The molecule has 0 saturated carbocycles. The Morgan fingerprint density at radius 3 is 2.43 bits per heavy atom. The lowest BCUT2D eigenvalue weighted by molar-refractivity contribution is -0.115. The summed E-state index contributed by atoms with van der Waals surface area (Å²) in [6, 6.07) is 9.29. The summed E-state index contributed by atoms with van der Waals surface area (Å²) < 4.78 is 45.2. The zero-order valence-electron chi connectivity index (χ0n) is 15.5. The monoisotopic (exact) mass is 394 g/mol. The molecule has 0 saturated heterocycles. The predicted octanol–water partition coefficient (Wildman–Crippen LogP) is 2.59. The van der Waals surface area contributed by atoms with Crippen molar-refractivity contribution in [2.75, 3.05) is 32.1 Å². The Morgan fingerprint density at radius 2 is 1.75 bits per heavy atom. The fourth-order valence-corrected chi connectivity index (χ4v) is 2.17. The number of hydrogen-bond donors (Lipinski definition) is 3. The van der Waals surface area contributed by atoms with Crippen molar-refractivity contribution in [1.29, 1.82) is 0 Å². The van der Waals surface area contributed by atoms with Crippen molar-refractivity contribution in [2.45, 2.75) is 6.92 Å². The Labute approximate surface area is 160 Å². The molecule has 28 heavy (non-hydrogen) atoms. The second kappa shape index (κ2) is 10.2. The third-order valence-electron chi connectivity index (χ3n) is 3.63. The predicted molar refractivity (Wildman–Crippen MR) is 101 cm³/mol. The van der Waals surface area contributed by atoms with Crippen LogP contribution in [-0.2, 0) is 4.79 Å². The molecule has 0 atom stereocenters. The van der Waals surface area contributed by atoms with Gasteiger partial charge in [0, 0.05) is 7.05 Å². The highest BCUT2D eigenvalue weighted by atomic mass is 19.2. The zero-order chi connectivity index (χ0) is 20.5. The van der Waals surface area contributed by atoms with Crippen molar-refractivity contribution in [2.24, 2.45) is 4.99 Å². The summed E-state index contributed by atoms with van der Waals surface area (Å²) >= 11 is 0. The van der Waals surface area contributed by atoms with E-state index >= 15 is 0 Å². The van der Waals surface area contributed by atoms with Crippen molar-refractivity contribution >= 4 is 17.6 Å². The van der Waals surface area contributed by atoms with Crippen LogP contribution in [0.2, 0.25) is 0 Å². The Kier molecular flexibility index (Phi) is 7.67. The van der Waals surface area contributed by atoms with E-state index in [0.717, 1.165) is 23.4 Å². The zero-order valence-corrected chi connectivity index (χ0v) is 15.5. The van der Waals surface area contributed by atoms with E-state index < -0.39 is 29.0 Å². The van der Waals surface area contributed by atoms with Gasteiger partial charge in [-0.25, -0.2) is 13.2 Å². The van der Waals surface area contributed by atoms with Gasteiger partial charge in [-0.3, -0.25) is 9.79 Å². The van der Waals surface area contributed by atoms with Gasteiger partial charge < -0.3 is 20.7 Å². The van der Waals surface area contributed by atoms with Gasteiger partial charge in [0.2, 0.25) is 5.91 Å². The SMILES string of the molecule is CN=C(NCCOc1ccc(C)cc1)NCC(=O)Nc1ccc(F)c(F)c1F. The number of carbonyl (C=O) groups excluding carboxylic acids is 1. The lowest BCUT2D eigenvalue weighted by Gasteiger charge is -2.13. The first-order chi connectivity index (χ1) is 13.4. The molecule has 3 N–H and O–H groups in total. The van der Waals surface area contributed by atoms with Gasteiger partial charge >= 0.3 is 0 Å². The van der Waals surface area contributed by atoms with E-state index in [-0.39, 0.29) is 6.54 Å². The number of aliphatic imine (C=N–C) groups is 1. The molecule has 0 heterocycles. The number of carbonyl (C=O) groups is 1. The normalized spacial score (nSPS) is 11.1. The number of guanidine groups is 1. The van der Waals surface area contributed by atoms with Gasteiger partial charge in [-0.15, -0.1) is 0 Å². The summed E-state index contributed by atoms with van der Waals surface area (Å²) in [7, 11) is 1.52. The minimum absolute atomic E-state index is 0.253. The van der Waals surface area contributed by atoms with Crippen LogP contribution in [-0.4, -0.2) is 38.6 Å². The molecule has 150 valence electrons. The quantitative estimate of drug-likeness (QED) is 0.292. The van der Waals surface area contributed by atoms with Gasteiger partial charge in [-0.05, 0) is 31.2 Å². The van der Waals surface area contributed by atoms with Gasteiger partial charge in [-0.2, -0.15) is 0 Å². The molecule has 6 nitrogen and oxygen atoms in total. The number of nitrogens with zero attached hydrogens (tertiary/aromatic N) is 1. The number of nitrogens with one attached hydrogen (secondary N) is 3. The summed E-state index contributed by atoms with van der Waals surface area (Å²) in [5.74, 6) is -4.01. The van der Waals surface area contributed by atoms with Crippen molar-refractivity contribution in [3.8, 4) is 5.75 Å². The minimum atomic E-state index is -1.64. The largest absolute Gasteiger partial charge is 0.492 e. The van der Waals surface area contributed by atoms with Gasteiger partial charge in [0.05, 0.1) is 18.8 Å². The smallest absolute Gasteiger partial charge is 0.243 e. The van der Waals surface area contributed by atoms with Crippen LogP contribution in [0, 0.1) is 24.4 Å². The highest BCUT2D eigenvalue weighted by Crippen LogP contribution is 2.19. The highest BCUT2D eigenvalue weighted by molar-refractivity contribution is 5.95. The number of anilines is 1. The number of aryl methyl sites for hydroxylation is 1. The molecule has 0 bridgehead atoms. The van der Waals surface area contributed by atoms with Crippen molar-refractivity contribution in [1.82, 2.24) is 10.6 Å². The maximum atomic E-state index is 13.6. The van der Waals surface area contributed by atoms with Crippen LogP contribution in [0.3, 0.4) is 0 Å². The molecule has 0 aliphatic carbocycles. The minimum Gasteiger partial charge on any atom is -0.492 e. The van der Waals surface area contributed by atoms with E-state index in [1.54, 1.807) is 0 Å². The fourth-order valence-electron chi connectivity index (χ4n) is 2.17. The van der Waals surface area contributed by atoms with Crippen LogP contribution in [0.1, 0.15) is 5.56 Å². The highest BCUT2D eigenvalue weighted by Gasteiger charge is 2.15. The molecule has 0 aliphatic rings. The topological polar surface area (TPSA) is 74.8 Å². The third kappa shape index (κ3) is 6.19. The first-order valence-electron chi connectivity index (χ1n) is 8.48. The molecule has 0 aliphatic heterocycles. The number of rotatable bonds is 7. The van der Waals surface area contributed by atoms with Crippen molar-refractivity contribution in [3.05, 3.63) is 59.4 Å². The molecule has 0 aromatic heterocycles. The summed E-state index contributed by atoms with van der Waals surface area (Å²) in [4.78, 5) is 15.8. The maximum Gasteiger partial charge on any atom is 0.243 e. The number of halogens is 3. The van der Waals surface area contributed by atoms with Gasteiger partial charge in [0.25, 0.3) is 0 Å². The second-order valence-electron chi connectivity index (χ2n) is 5.79. The third-order valence-corrected chi connectivity index (χ3v) is 3.63. The van der Waals surface area contributed by atoms with Crippen LogP contribution in [0.25, 0.3) is 0 Å². The summed E-state index contributed by atoms with van der Waals surface area (Å²) in [5.41, 5.74) is 0.691. The van der Waals surface area contributed by atoms with E-state index in [1.807, 2.05) is 31.2 Å². The van der Waals surface area contributed by atoms with E-state index in [2.05, 4.69) is 20.9 Å². The first-order valence-corrected chi connectivity index (χ1v) is 8.48. The standard InChI is InChI=1S/C19H21F3N4O2/c1-12-3-5-13(6-4-12)28-10-9-24-19(23-2)25-11-16(27)26-15-8-7-14(20)17(21)18(15)22/h3-8H,9-11H2,1-2H3,(H,26,27)(H2,23,24,25). The lowest BCUT2D eigenvalue weighted by Crippen LogP contribution is -2.42. The van der Waals surface area contributed by atoms with E-state index in [1.165, 1.54) is 7.05 Å². The maximum absolute atomic E-state index is 13.6. The number of benzene rings is 2. The number of amides is 1. The van der Waals surface area contributed by atoms with E-state index in [9.17, 15) is 18.0 Å². The van der Waals surface area contributed by atoms with Crippen LogP contribution < -0.4 is 20.7 Å². The molecule has 2 aromatic carbocycles. The first kappa shape index (κ1) is 21.1. The van der Waals surface area contributed by atoms with Gasteiger partial charge in [-0.1, -0.05) is 17.7 Å². The summed E-state index contributed by atoms with van der Waals surface area (Å²) in [6.07, 6.45) is 0. The van der Waals surface area contributed by atoms with Crippen LogP contribution in [0.5, 0.6) is 5.75 Å². The Bertz CT molecular complexity index is 842. The van der Waals surface area contributed by atoms with Crippen molar-refractivity contribution in [3.63, 3.8) is 0 Å². The number of ether oxygens (including phenoxy) is 1. The molecule has 2 rings (SSSR count). The van der Waals surface area contributed by atoms with Crippen molar-refractivity contribution < 1.29 is 22.7 Å². The summed E-state index contributed by atoms with van der Waals surface area (Å²) in [6.45, 7) is 2.53. The second-order valence-corrected chi connectivity index (χ2v) is 5.79. The molecule has 0 unspecified atom stereocenters. The molecule has 1 amide bonds. The Balaban J connectivity index is 1.73. The molecule has 0 radical (unpaired) electrons. The molecular weight excluding hydrogens is 373 g/mol. The van der Waals surface area contributed by atoms with Gasteiger partial charge in [0.1, 0.15) is 12.4 Å². The number of hydrogen-bond acceptors (Lipinski definition) is 3. The molecular formula is C19H21F3N4O2. The molecule has 9 heteroatoms. The Hall–Kier alpha value is -3.23. The molecule has 0 spiro atoms. The molecule has 0 fully saturated rings. The average Bonchev–Trinajstić information content (AvgIpc) is 2.69. The lowest BCUT2D eigenvalue weighted by atomic mass is 10.2. The van der Waals surface area contributed by atoms with E-state index in [0.29, 0.717) is 19.1 Å².